The summed E-state index contributed by atoms with van der Waals surface area (Å²) in [5.41, 5.74) is 1.06. The zero-order valence-corrected chi connectivity index (χ0v) is 20.1. The van der Waals surface area contributed by atoms with E-state index < -0.39 is 29.4 Å². The molecule has 11 heteroatoms. The molecule has 2 aromatic carbocycles. The lowest BCUT2D eigenvalue weighted by atomic mass is 10.0. The number of halogens is 1. The highest BCUT2D eigenvalue weighted by Gasteiger charge is 2.25. The number of methoxy groups -OCH3 is 2. The number of carboxylic acids is 1. The van der Waals surface area contributed by atoms with E-state index in [1.54, 1.807) is 11.3 Å². The number of benzene rings is 2. The van der Waals surface area contributed by atoms with Gasteiger partial charge >= 0.3 is 18.0 Å². The summed E-state index contributed by atoms with van der Waals surface area (Å²) in [4.78, 5) is 35.9. The maximum Gasteiger partial charge on any atom is 0.349 e. The molecule has 180 valence electrons. The molecule has 0 aliphatic heterocycles. The van der Waals surface area contributed by atoms with Crippen LogP contribution in [0.3, 0.4) is 0 Å². The summed E-state index contributed by atoms with van der Waals surface area (Å²) in [5.74, 6) is -2.65. The summed E-state index contributed by atoms with van der Waals surface area (Å²) < 4.78 is 25.8. The molecule has 0 aliphatic rings. The van der Waals surface area contributed by atoms with Crippen molar-refractivity contribution >= 4 is 62.1 Å². The van der Waals surface area contributed by atoms with Crippen LogP contribution in [-0.2, 0) is 11.2 Å². The summed E-state index contributed by atoms with van der Waals surface area (Å²) in [7, 11) is 2.56. The summed E-state index contributed by atoms with van der Waals surface area (Å²) in [6.45, 7) is 0. The summed E-state index contributed by atoms with van der Waals surface area (Å²) in [5, 5.41) is 18.6. The fraction of sp³-hybridized carbons (Fsp3) is 0.125. The van der Waals surface area contributed by atoms with E-state index in [9.17, 15) is 23.9 Å². The average molecular weight is 515 g/mol. The Labute approximate surface area is 206 Å². The number of esters is 1. The Morgan fingerprint density at radius 2 is 1.74 bits per heavy atom. The molecular formula is C24H19FN2O6S2. The van der Waals surface area contributed by atoms with Crippen molar-refractivity contribution in [2.75, 3.05) is 24.9 Å². The van der Waals surface area contributed by atoms with Crippen LogP contribution in [-0.4, -0.2) is 37.3 Å². The SMILES string of the molecule is COC(=O)c1scc(NC(=O)Nc2cc(Cc3csc4ccccc34)c(OC)cc2F)c1C(=O)O. The molecule has 0 fully saturated rings. The number of rotatable bonds is 7. The molecule has 3 N–H and O–H groups in total. The van der Waals surface area contributed by atoms with Gasteiger partial charge in [-0.2, -0.15) is 0 Å². The van der Waals surface area contributed by atoms with Crippen LogP contribution < -0.4 is 15.4 Å². The molecule has 2 heterocycles. The molecule has 0 aliphatic carbocycles. The number of urea groups is 1. The van der Waals surface area contributed by atoms with Gasteiger partial charge in [-0.05, 0) is 28.5 Å². The quantitative estimate of drug-likeness (QED) is 0.267. The minimum atomic E-state index is -1.41. The first kappa shape index (κ1) is 24.2. The van der Waals surface area contributed by atoms with Crippen LogP contribution in [0.1, 0.15) is 31.2 Å². The highest BCUT2D eigenvalue weighted by Crippen LogP contribution is 2.33. The second-order valence-corrected chi connectivity index (χ2v) is 9.10. The molecule has 0 bridgehead atoms. The van der Waals surface area contributed by atoms with Crippen molar-refractivity contribution in [3.05, 3.63) is 74.5 Å². The Morgan fingerprint density at radius 1 is 1.00 bits per heavy atom. The molecule has 0 saturated heterocycles. The number of hydrogen-bond acceptors (Lipinski definition) is 7. The lowest BCUT2D eigenvalue weighted by Gasteiger charge is -2.13. The number of aromatic carboxylic acids is 1. The van der Waals surface area contributed by atoms with Gasteiger partial charge in [0.15, 0.2) is 0 Å². The summed E-state index contributed by atoms with van der Waals surface area (Å²) in [6.07, 6.45) is 0.444. The minimum absolute atomic E-state index is 0.112. The second kappa shape index (κ2) is 10.1. The lowest BCUT2D eigenvalue weighted by molar-refractivity contribution is 0.0589. The topological polar surface area (TPSA) is 114 Å². The van der Waals surface area contributed by atoms with E-state index in [4.69, 9.17) is 4.74 Å². The number of fused-ring (bicyclic) bond motifs is 1. The van der Waals surface area contributed by atoms with Gasteiger partial charge in [-0.3, -0.25) is 0 Å². The van der Waals surface area contributed by atoms with Crippen LogP contribution in [0.2, 0.25) is 0 Å². The molecular weight excluding hydrogens is 495 g/mol. The van der Waals surface area contributed by atoms with Crippen LogP contribution in [0.4, 0.5) is 20.6 Å². The normalized spacial score (nSPS) is 10.7. The van der Waals surface area contributed by atoms with Crippen molar-refractivity contribution in [2.24, 2.45) is 0 Å². The fourth-order valence-electron chi connectivity index (χ4n) is 3.58. The lowest BCUT2D eigenvalue weighted by Crippen LogP contribution is -2.21. The number of ether oxygens (including phenoxy) is 2. The van der Waals surface area contributed by atoms with Crippen molar-refractivity contribution in [1.82, 2.24) is 0 Å². The van der Waals surface area contributed by atoms with Gasteiger partial charge < -0.3 is 25.2 Å². The van der Waals surface area contributed by atoms with E-state index in [0.717, 1.165) is 34.1 Å². The molecule has 2 amide bonds. The Hall–Kier alpha value is -3.96. The number of carboxylic acid groups (broad SMARTS) is 1. The number of amides is 2. The number of nitrogens with one attached hydrogen (secondary N) is 2. The third-order valence-corrected chi connectivity index (χ3v) is 7.16. The first-order valence-electron chi connectivity index (χ1n) is 10.1. The second-order valence-electron chi connectivity index (χ2n) is 7.31. The first-order chi connectivity index (χ1) is 16.8. The fourth-order valence-corrected chi connectivity index (χ4v) is 5.45. The molecule has 35 heavy (non-hydrogen) atoms. The van der Waals surface area contributed by atoms with Gasteiger partial charge in [0.05, 0.1) is 25.6 Å². The number of carbonyl (C=O) groups is 3. The third-order valence-electron chi connectivity index (χ3n) is 5.18. The van der Waals surface area contributed by atoms with Crippen LogP contribution >= 0.6 is 22.7 Å². The van der Waals surface area contributed by atoms with E-state index in [-0.39, 0.29) is 16.3 Å². The van der Waals surface area contributed by atoms with Crippen molar-refractivity contribution in [3.63, 3.8) is 0 Å². The molecule has 0 radical (unpaired) electrons. The molecule has 4 aromatic rings. The van der Waals surface area contributed by atoms with E-state index in [1.807, 2.05) is 29.6 Å². The largest absolute Gasteiger partial charge is 0.496 e. The molecule has 0 spiro atoms. The number of hydrogen-bond donors (Lipinski definition) is 3. The van der Waals surface area contributed by atoms with Crippen LogP contribution in [0.25, 0.3) is 10.1 Å². The van der Waals surface area contributed by atoms with Gasteiger partial charge in [0.2, 0.25) is 0 Å². The monoisotopic (exact) mass is 514 g/mol. The zero-order chi connectivity index (χ0) is 25.1. The molecule has 0 atom stereocenters. The summed E-state index contributed by atoms with van der Waals surface area (Å²) in [6, 6.07) is 9.71. The first-order valence-corrected chi connectivity index (χ1v) is 11.9. The van der Waals surface area contributed by atoms with Gasteiger partial charge in [0.25, 0.3) is 0 Å². The smallest absolute Gasteiger partial charge is 0.349 e. The van der Waals surface area contributed by atoms with Crippen LogP contribution in [0, 0.1) is 5.82 Å². The Balaban J connectivity index is 1.59. The van der Waals surface area contributed by atoms with Crippen LogP contribution in [0.15, 0.2) is 47.2 Å². The Kier molecular flexibility index (Phi) is 6.99. The zero-order valence-electron chi connectivity index (χ0n) is 18.5. The number of carbonyl (C=O) groups excluding carboxylic acids is 2. The average Bonchev–Trinajstić information content (AvgIpc) is 3.45. The van der Waals surface area contributed by atoms with E-state index in [2.05, 4.69) is 15.4 Å². The van der Waals surface area contributed by atoms with E-state index >= 15 is 0 Å². The van der Waals surface area contributed by atoms with E-state index in [0.29, 0.717) is 17.7 Å². The number of anilines is 2. The Morgan fingerprint density at radius 3 is 2.46 bits per heavy atom. The maximum absolute atomic E-state index is 14.7. The van der Waals surface area contributed by atoms with Crippen molar-refractivity contribution in [1.29, 1.82) is 0 Å². The summed E-state index contributed by atoms with van der Waals surface area (Å²) >= 11 is 2.41. The predicted octanol–water partition coefficient (Wildman–Crippen LogP) is 5.83. The molecule has 0 saturated carbocycles. The predicted molar refractivity (Wildman–Crippen MR) is 133 cm³/mol. The van der Waals surface area contributed by atoms with Crippen LogP contribution in [0.5, 0.6) is 5.75 Å². The van der Waals surface area contributed by atoms with Gasteiger partial charge in [-0.15, -0.1) is 22.7 Å². The third kappa shape index (κ3) is 4.96. The van der Waals surface area contributed by atoms with Gasteiger partial charge in [0, 0.05) is 28.1 Å². The van der Waals surface area contributed by atoms with Gasteiger partial charge in [-0.1, -0.05) is 18.2 Å². The van der Waals surface area contributed by atoms with Gasteiger partial charge in [-0.25, -0.2) is 18.8 Å². The highest BCUT2D eigenvalue weighted by atomic mass is 32.1. The van der Waals surface area contributed by atoms with Crippen molar-refractivity contribution in [2.45, 2.75) is 6.42 Å². The Bertz CT molecular complexity index is 1450. The minimum Gasteiger partial charge on any atom is -0.496 e. The molecule has 8 nitrogen and oxygen atoms in total. The molecule has 0 unspecified atom stereocenters. The van der Waals surface area contributed by atoms with E-state index in [1.165, 1.54) is 24.6 Å². The standard InChI is InChI=1S/C24H19FN2O6S2/c1-32-18-9-15(25)16(8-12(18)7-13-10-34-19-6-4-3-5-14(13)19)26-24(31)27-17-11-35-21(23(30)33-2)20(17)22(28)29/h3-6,8-11H,7H2,1-2H3,(H,28,29)(H2,26,27,31). The molecule has 2 aromatic heterocycles. The van der Waals surface area contributed by atoms with Gasteiger partial charge in [0.1, 0.15) is 22.0 Å². The maximum atomic E-state index is 14.7. The van der Waals surface area contributed by atoms with Crippen molar-refractivity contribution in [3.8, 4) is 5.75 Å². The number of thiophene rings is 2. The highest BCUT2D eigenvalue weighted by molar-refractivity contribution is 7.17. The molecule has 4 rings (SSSR count). The van der Waals surface area contributed by atoms with Crippen molar-refractivity contribution < 1.29 is 33.4 Å².